The maximum absolute atomic E-state index is 13.3. The first-order valence-electron chi connectivity index (χ1n) is 12.0. The van der Waals surface area contributed by atoms with Crippen LogP contribution in [0.1, 0.15) is 57.4 Å². The normalized spacial score (nSPS) is 14.5. The van der Waals surface area contributed by atoms with E-state index in [0.29, 0.717) is 32.4 Å². The zero-order valence-corrected chi connectivity index (χ0v) is 19.8. The smallest absolute Gasteiger partial charge is 0.243 e. The lowest BCUT2D eigenvalue weighted by atomic mass is 10.1. The molecule has 0 bridgehead atoms. The van der Waals surface area contributed by atoms with Gasteiger partial charge in [-0.25, -0.2) is 0 Å². The number of rotatable bonds is 12. The summed E-state index contributed by atoms with van der Waals surface area (Å²) >= 11 is 0. The van der Waals surface area contributed by atoms with Gasteiger partial charge in [-0.05, 0) is 55.5 Å². The first-order valence-corrected chi connectivity index (χ1v) is 12.0. The molecule has 0 saturated heterocycles. The van der Waals surface area contributed by atoms with Crippen molar-refractivity contribution in [2.75, 3.05) is 13.7 Å². The summed E-state index contributed by atoms with van der Waals surface area (Å²) < 4.78 is 10.9. The van der Waals surface area contributed by atoms with E-state index < -0.39 is 6.04 Å². The van der Waals surface area contributed by atoms with Gasteiger partial charge in [0.2, 0.25) is 11.8 Å². The third-order valence-corrected chi connectivity index (χ3v) is 6.15. The predicted molar refractivity (Wildman–Crippen MR) is 129 cm³/mol. The fourth-order valence-electron chi connectivity index (χ4n) is 4.30. The summed E-state index contributed by atoms with van der Waals surface area (Å²) in [6, 6.07) is 17.0. The van der Waals surface area contributed by atoms with Crippen LogP contribution in [0.15, 0.2) is 54.6 Å². The van der Waals surface area contributed by atoms with Crippen LogP contribution in [-0.2, 0) is 16.1 Å². The Labute approximate surface area is 197 Å². The first kappa shape index (κ1) is 24.6. The lowest BCUT2D eigenvalue weighted by Crippen LogP contribution is -2.50. The molecular weight excluding hydrogens is 416 g/mol. The second kappa shape index (κ2) is 12.9. The standard InChI is InChI=1S/C27H36N2O4/c1-3-25(27(31)28-22-12-7-8-13-22)29(20-21-10-5-4-6-11-21)26(30)14-9-19-33-24-17-15-23(32-2)16-18-24/h4-6,10-11,15-18,22,25H,3,7-9,12-14,19-20H2,1-2H3,(H,28,31)/t25-/m1/s1. The van der Waals surface area contributed by atoms with Gasteiger partial charge >= 0.3 is 0 Å². The van der Waals surface area contributed by atoms with Crippen LogP contribution < -0.4 is 14.8 Å². The number of carbonyl (C=O) groups excluding carboxylic acids is 2. The van der Waals surface area contributed by atoms with Gasteiger partial charge in [-0.15, -0.1) is 0 Å². The second-order valence-corrected chi connectivity index (χ2v) is 8.55. The molecule has 0 unspecified atom stereocenters. The van der Waals surface area contributed by atoms with E-state index in [-0.39, 0.29) is 17.9 Å². The minimum Gasteiger partial charge on any atom is -0.497 e. The van der Waals surface area contributed by atoms with E-state index in [2.05, 4.69) is 5.32 Å². The Kier molecular flexibility index (Phi) is 9.60. The summed E-state index contributed by atoms with van der Waals surface area (Å²) in [6.07, 6.45) is 5.85. The third-order valence-electron chi connectivity index (χ3n) is 6.15. The molecule has 178 valence electrons. The molecule has 3 rings (SSSR count). The van der Waals surface area contributed by atoms with Crippen LogP contribution in [0.25, 0.3) is 0 Å². The number of hydrogen-bond donors (Lipinski definition) is 1. The molecule has 1 aliphatic carbocycles. The van der Waals surface area contributed by atoms with E-state index in [1.165, 1.54) is 0 Å². The summed E-state index contributed by atoms with van der Waals surface area (Å²) in [5.74, 6) is 1.45. The average Bonchev–Trinajstić information content (AvgIpc) is 3.35. The largest absolute Gasteiger partial charge is 0.497 e. The van der Waals surface area contributed by atoms with E-state index in [0.717, 1.165) is 42.7 Å². The number of nitrogens with one attached hydrogen (secondary N) is 1. The van der Waals surface area contributed by atoms with Gasteiger partial charge in [0.25, 0.3) is 0 Å². The Morgan fingerprint density at radius 2 is 1.70 bits per heavy atom. The van der Waals surface area contributed by atoms with Crippen molar-refractivity contribution in [2.45, 2.75) is 70.5 Å². The number of nitrogens with zero attached hydrogens (tertiary/aromatic N) is 1. The van der Waals surface area contributed by atoms with E-state index in [9.17, 15) is 9.59 Å². The highest BCUT2D eigenvalue weighted by atomic mass is 16.5. The van der Waals surface area contributed by atoms with Gasteiger partial charge < -0.3 is 19.7 Å². The van der Waals surface area contributed by atoms with Gasteiger partial charge in [-0.1, -0.05) is 50.1 Å². The minimum absolute atomic E-state index is 0.0226. The highest BCUT2D eigenvalue weighted by Gasteiger charge is 2.30. The van der Waals surface area contributed by atoms with Gasteiger partial charge in [0, 0.05) is 19.0 Å². The number of hydrogen-bond acceptors (Lipinski definition) is 4. The molecule has 0 spiro atoms. The van der Waals surface area contributed by atoms with Crippen LogP contribution in [0.4, 0.5) is 0 Å². The van der Waals surface area contributed by atoms with Crippen molar-refractivity contribution in [1.82, 2.24) is 10.2 Å². The van der Waals surface area contributed by atoms with Crippen molar-refractivity contribution >= 4 is 11.8 Å². The molecule has 6 heteroatoms. The van der Waals surface area contributed by atoms with Crippen molar-refractivity contribution in [3.05, 3.63) is 60.2 Å². The highest BCUT2D eigenvalue weighted by Crippen LogP contribution is 2.20. The summed E-state index contributed by atoms with van der Waals surface area (Å²) in [5.41, 5.74) is 1.02. The number of ether oxygens (including phenoxy) is 2. The fraction of sp³-hybridized carbons (Fsp3) is 0.481. The monoisotopic (exact) mass is 452 g/mol. The maximum atomic E-state index is 13.3. The molecule has 33 heavy (non-hydrogen) atoms. The molecule has 1 saturated carbocycles. The number of methoxy groups -OCH3 is 1. The second-order valence-electron chi connectivity index (χ2n) is 8.55. The molecule has 0 heterocycles. The predicted octanol–water partition coefficient (Wildman–Crippen LogP) is 4.72. The quantitative estimate of drug-likeness (QED) is 0.473. The van der Waals surface area contributed by atoms with Crippen LogP contribution in [0.3, 0.4) is 0 Å². The SMILES string of the molecule is CC[C@H](C(=O)NC1CCCC1)N(Cc1ccccc1)C(=O)CCCOc1ccc(OC)cc1. The third kappa shape index (κ3) is 7.52. The van der Waals surface area contributed by atoms with Gasteiger partial charge in [0.1, 0.15) is 17.5 Å². The summed E-state index contributed by atoms with van der Waals surface area (Å²) in [5, 5.41) is 3.18. The molecule has 1 fully saturated rings. The lowest BCUT2D eigenvalue weighted by molar-refractivity contribution is -0.141. The Bertz CT molecular complexity index is 863. The first-order chi connectivity index (χ1) is 16.1. The van der Waals surface area contributed by atoms with E-state index in [4.69, 9.17) is 9.47 Å². The molecule has 0 aromatic heterocycles. The van der Waals surface area contributed by atoms with Crippen molar-refractivity contribution in [1.29, 1.82) is 0 Å². The van der Waals surface area contributed by atoms with Crippen molar-refractivity contribution < 1.29 is 19.1 Å². The molecule has 2 amide bonds. The molecule has 1 N–H and O–H groups in total. The van der Waals surface area contributed by atoms with Gasteiger partial charge in [0.15, 0.2) is 0 Å². The van der Waals surface area contributed by atoms with E-state index in [1.54, 1.807) is 12.0 Å². The molecule has 1 atom stereocenters. The van der Waals surface area contributed by atoms with Gasteiger partial charge in [0.05, 0.1) is 13.7 Å². The van der Waals surface area contributed by atoms with Crippen LogP contribution in [0, 0.1) is 0 Å². The Morgan fingerprint density at radius 3 is 2.33 bits per heavy atom. The topological polar surface area (TPSA) is 67.9 Å². The fourth-order valence-corrected chi connectivity index (χ4v) is 4.30. The molecule has 0 radical (unpaired) electrons. The van der Waals surface area contributed by atoms with Crippen LogP contribution >= 0.6 is 0 Å². The molecule has 2 aromatic rings. The van der Waals surface area contributed by atoms with Crippen LogP contribution in [0.5, 0.6) is 11.5 Å². The van der Waals surface area contributed by atoms with Crippen molar-refractivity contribution in [3.8, 4) is 11.5 Å². The maximum Gasteiger partial charge on any atom is 0.243 e. The molecule has 6 nitrogen and oxygen atoms in total. The Hall–Kier alpha value is -3.02. The highest BCUT2D eigenvalue weighted by molar-refractivity contribution is 5.87. The Morgan fingerprint density at radius 1 is 1.03 bits per heavy atom. The van der Waals surface area contributed by atoms with Crippen molar-refractivity contribution in [3.63, 3.8) is 0 Å². The van der Waals surface area contributed by atoms with Crippen LogP contribution in [-0.4, -0.2) is 42.5 Å². The van der Waals surface area contributed by atoms with E-state index >= 15 is 0 Å². The molecular formula is C27H36N2O4. The zero-order valence-electron chi connectivity index (χ0n) is 19.8. The molecule has 1 aliphatic rings. The number of carbonyl (C=O) groups is 2. The van der Waals surface area contributed by atoms with Gasteiger partial charge in [-0.2, -0.15) is 0 Å². The summed E-state index contributed by atoms with van der Waals surface area (Å²) in [6.45, 7) is 2.83. The summed E-state index contributed by atoms with van der Waals surface area (Å²) in [4.78, 5) is 28.1. The van der Waals surface area contributed by atoms with E-state index in [1.807, 2.05) is 61.5 Å². The number of benzene rings is 2. The van der Waals surface area contributed by atoms with Gasteiger partial charge in [-0.3, -0.25) is 9.59 Å². The number of amides is 2. The molecule has 0 aliphatic heterocycles. The van der Waals surface area contributed by atoms with Crippen molar-refractivity contribution in [2.24, 2.45) is 0 Å². The lowest BCUT2D eigenvalue weighted by Gasteiger charge is -2.31. The zero-order chi connectivity index (χ0) is 23.5. The average molecular weight is 453 g/mol. The minimum atomic E-state index is -0.471. The summed E-state index contributed by atoms with van der Waals surface area (Å²) in [7, 11) is 1.63. The van der Waals surface area contributed by atoms with Crippen LogP contribution in [0.2, 0.25) is 0 Å². The Balaban J connectivity index is 1.60. The molecule has 2 aromatic carbocycles.